The molecule has 0 fully saturated rings. The molecule has 0 radical (unpaired) electrons. The molecular formula is C24H24FN5O3S. The van der Waals surface area contributed by atoms with Crippen molar-refractivity contribution in [2.24, 2.45) is 0 Å². The Kier molecular flexibility index (Phi) is 6.69. The average Bonchev–Trinajstić information content (AvgIpc) is 3.28. The second-order valence-corrected chi connectivity index (χ2v) is 10.1. The lowest BCUT2D eigenvalue weighted by atomic mass is 10.0. The summed E-state index contributed by atoms with van der Waals surface area (Å²) in [5.74, 6) is -0.751. The molecule has 0 saturated heterocycles. The largest absolute Gasteiger partial charge is 0.345 e. The van der Waals surface area contributed by atoms with Crippen molar-refractivity contribution < 1.29 is 17.6 Å². The maximum absolute atomic E-state index is 13.3. The summed E-state index contributed by atoms with van der Waals surface area (Å²) in [4.78, 5) is 21.7. The van der Waals surface area contributed by atoms with Crippen LogP contribution >= 0.6 is 0 Å². The third kappa shape index (κ3) is 4.67. The van der Waals surface area contributed by atoms with Gasteiger partial charge in [-0.3, -0.25) is 14.8 Å². The Hall–Kier alpha value is -3.66. The molecule has 3 heterocycles. The van der Waals surface area contributed by atoms with E-state index in [0.29, 0.717) is 34.1 Å². The molecule has 0 bridgehead atoms. The molecule has 0 aliphatic rings. The van der Waals surface area contributed by atoms with Gasteiger partial charge in [0.25, 0.3) is 5.91 Å². The minimum absolute atomic E-state index is 0.0331. The van der Waals surface area contributed by atoms with Crippen LogP contribution in [-0.4, -0.2) is 39.8 Å². The monoisotopic (exact) mass is 481 g/mol. The van der Waals surface area contributed by atoms with E-state index >= 15 is 0 Å². The summed E-state index contributed by atoms with van der Waals surface area (Å²) >= 11 is 0. The number of fused-ring (bicyclic) bond motifs is 1. The van der Waals surface area contributed by atoms with Gasteiger partial charge in [-0.25, -0.2) is 17.5 Å². The quantitative estimate of drug-likeness (QED) is 0.407. The third-order valence-corrected chi connectivity index (χ3v) is 7.27. The Morgan fingerprint density at radius 1 is 1.06 bits per heavy atom. The van der Waals surface area contributed by atoms with Gasteiger partial charge in [0.2, 0.25) is 0 Å². The molecule has 1 N–H and O–H groups in total. The zero-order chi connectivity index (χ0) is 24.3. The summed E-state index contributed by atoms with van der Waals surface area (Å²) in [6.45, 7) is 3.56. The van der Waals surface area contributed by atoms with E-state index in [1.165, 1.54) is 24.5 Å². The summed E-state index contributed by atoms with van der Waals surface area (Å²) in [6.07, 6.45) is 8.88. The first-order valence-electron chi connectivity index (χ1n) is 10.9. The van der Waals surface area contributed by atoms with Gasteiger partial charge >= 0.3 is 0 Å². The van der Waals surface area contributed by atoms with Crippen molar-refractivity contribution in [2.45, 2.75) is 37.6 Å². The normalized spacial score (nSPS) is 12.6. The van der Waals surface area contributed by atoms with Crippen molar-refractivity contribution >= 4 is 26.6 Å². The number of carbonyl (C=O) groups is 1. The number of rotatable bonds is 8. The van der Waals surface area contributed by atoms with Gasteiger partial charge in [0.1, 0.15) is 5.82 Å². The van der Waals surface area contributed by atoms with Crippen LogP contribution in [0.4, 0.5) is 4.39 Å². The van der Waals surface area contributed by atoms with E-state index in [2.05, 4.69) is 20.4 Å². The predicted molar refractivity (Wildman–Crippen MR) is 126 cm³/mol. The molecule has 4 aromatic rings. The summed E-state index contributed by atoms with van der Waals surface area (Å²) < 4.78 is 39.5. The fourth-order valence-corrected chi connectivity index (χ4v) is 4.59. The van der Waals surface area contributed by atoms with E-state index in [1.807, 2.05) is 6.92 Å². The Labute approximate surface area is 196 Å². The van der Waals surface area contributed by atoms with Crippen molar-refractivity contribution in [3.63, 3.8) is 0 Å². The minimum atomic E-state index is -3.42. The van der Waals surface area contributed by atoms with Gasteiger partial charge in [-0.2, -0.15) is 5.10 Å². The van der Waals surface area contributed by atoms with Gasteiger partial charge < -0.3 is 5.32 Å². The molecule has 0 unspecified atom stereocenters. The van der Waals surface area contributed by atoms with Crippen LogP contribution in [0.5, 0.6) is 0 Å². The molecule has 4 rings (SSSR count). The highest BCUT2D eigenvalue weighted by atomic mass is 32.2. The maximum Gasteiger partial charge on any atom is 0.254 e. The SMILES string of the molecule is CCC[C@H](NC(=O)c1cncc2c1cnn2-c1ccc(F)cc1)c1cncc(S(=O)(=O)CC)c1. The lowest BCUT2D eigenvalue weighted by molar-refractivity contribution is 0.0935. The number of amides is 1. The number of nitrogens with one attached hydrogen (secondary N) is 1. The fraction of sp³-hybridized carbons (Fsp3) is 0.250. The van der Waals surface area contributed by atoms with E-state index in [9.17, 15) is 17.6 Å². The summed E-state index contributed by atoms with van der Waals surface area (Å²) in [7, 11) is -3.42. The topological polar surface area (TPSA) is 107 Å². The average molecular weight is 482 g/mol. The Bertz CT molecular complexity index is 1430. The van der Waals surface area contributed by atoms with Crippen LogP contribution in [-0.2, 0) is 9.84 Å². The van der Waals surface area contributed by atoms with Crippen LogP contribution in [0.25, 0.3) is 16.6 Å². The van der Waals surface area contributed by atoms with Crippen molar-refractivity contribution in [1.82, 2.24) is 25.1 Å². The van der Waals surface area contributed by atoms with Crippen LogP contribution in [0.2, 0.25) is 0 Å². The zero-order valence-electron chi connectivity index (χ0n) is 18.8. The highest BCUT2D eigenvalue weighted by molar-refractivity contribution is 7.91. The highest BCUT2D eigenvalue weighted by Gasteiger charge is 2.21. The van der Waals surface area contributed by atoms with E-state index < -0.39 is 15.9 Å². The number of nitrogens with zero attached hydrogens (tertiary/aromatic N) is 4. The summed E-state index contributed by atoms with van der Waals surface area (Å²) in [5, 5.41) is 7.94. The van der Waals surface area contributed by atoms with Crippen molar-refractivity contribution in [3.8, 4) is 5.69 Å². The molecule has 8 nitrogen and oxygen atoms in total. The Balaban J connectivity index is 1.66. The smallest absolute Gasteiger partial charge is 0.254 e. The summed E-state index contributed by atoms with van der Waals surface area (Å²) in [6, 6.07) is 7.00. The van der Waals surface area contributed by atoms with Crippen LogP contribution < -0.4 is 5.32 Å². The second-order valence-electron chi connectivity index (χ2n) is 7.82. The van der Waals surface area contributed by atoms with Gasteiger partial charge in [-0.1, -0.05) is 20.3 Å². The first-order chi connectivity index (χ1) is 16.3. The molecule has 1 atom stereocenters. The van der Waals surface area contributed by atoms with Crippen LogP contribution in [0.3, 0.4) is 0 Å². The van der Waals surface area contributed by atoms with E-state index in [1.54, 1.807) is 48.4 Å². The molecule has 1 aromatic carbocycles. The summed E-state index contributed by atoms with van der Waals surface area (Å²) in [5.41, 5.74) is 2.19. The lowest BCUT2D eigenvalue weighted by Gasteiger charge is -2.19. The molecule has 0 saturated carbocycles. The van der Waals surface area contributed by atoms with Crippen molar-refractivity contribution in [1.29, 1.82) is 0 Å². The van der Waals surface area contributed by atoms with Gasteiger partial charge in [0.05, 0.1) is 45.9 Å². The van der Waals surface area contributed by atoms with Crippen molar-refractivity contribution in [3.05, 3.63) is 78.3 Å². The number of carbonyl (C=O) groups excluding carboxylic acids is 1. The molecular weight excluding hydrogens is 457 g/mol. The highest BCUT2D eigenvalue weighted by Crippen LogP contribution is 2.24. The maximum atomic E-state index is 13.3. The molecule has 34 heavy (non-hydrogen) atoms. The first-order valence-corrected chi connectivity index (χ1v) is 12.6. The molecule has 176 valence electrons. The molecule has 0 spiro atoms. The van der Waals surface area contributed by atoms with Gasteiger partial charge in [0.15, 0.2) is 9.84 Å². The number of benzene rings is 1. The third-order valence-electron chi connectivity index (χ3n) is 5.57. The van der Waals surface area contributed by atoms with Crippen LogP contribution in [0.15, 0.2) is 66.2 Å². The lowest BCUT2D eigenvalue weighted by Crippen LogP contribution is -2.29. The van der Waals surface area contributed by atoms with E-state index in [0.717, 1.165) is 6.42 Å². The second kappa shape index (κ2) is 9.68. The molecule has 3 aromatic heterocycles. The fourth-order valence-electron chi connectivity index (χ4n) is 3.72. The standard InChI is InChI=1S/C24H24FN5O3S/c1-3-5-22(16-10-19(12-26-11-16)34(32,33)4-2)29-24(31)21-13-27-15-23-20(21)14-28-30(23)18-8-6-17(25)7-9-18/h6-15,22H,3-5H2,1-2H3,(H,29,31)/t22-/m0/s1. The van der Waals surface area contributed by atoms with Gasteiger partial charge in [-0.15, -0.1) is 0 Å². The van der Waals surface area contributed by atoms with Gasteiger partial charge in [-0.05, 0) is 42.3 Å². The van der Waals surface area contributed by atoms with Crippen molar-refractivity contribution in [2.75, 3.05) is 5.75 Å². The minimum Gasteiger partial charge on any atom is -0.345 e. The van der Waals surface area contributed by atoms with E-state index in [4.69, 9.17) is 0 Å². The molecule has 0 aliphatic heterocycles. The number of sulfone groups is 1. The van der Waals surface area contributed by atoms with Crippen LogP contribution in [0.1, 0.15) is 48.7 Å². The number of aromatic nitrogens is 4. The predicted octanol–water partition coefficient (Wildman–Crippen LogP) is 4.02. The van der Waals surface area contributed by atoms with Gasteiger partial charge in [0, 0.05) is 24.0 Å². The van der Waals surface area contributed by atoms with Crippen LogP contribution in [0, 0.1) is 5.82 Å². The number of halogens is 1. The zero-order valence-corrected chi connectivity index (χ0v) is 19.6. The molecule has 10 heteroatoms. The first kappa shape index (κ1) is 23.5. The molecule has 1 amide bonds. The Morgan fingerprint density at radius 3 is 2.50 bits per heavy atom. The number of hydrogen-bond donors (Lipinski definition) is 1. The number of pyridine rings is 2. The molecule has 0 aliphatic carbocycles. The number of hydrogen-bond acceptors (Lipinski definition) is 6. The van der Waals surface area contributed by atoms with E-state index in [-0.39, 0.29) is 22.4 Å². The Morgan fingerprint density at radius 2 is 1.79 bits per heavy atom.